The SMILES string of the molecule is Nc1ncncc1-c1ccncc1. The summed E-state index contributed by atoms with van der Waals surface area (Å²) in [6.07, 6.45) is 6.54. The molecule has 0 aromatic carbocycles. The molecule has 0 spiro atoms. The van der Waals surface area contributed by atoms with Crippen molar-refractivity contribution in [1.82, 2.24) is 15.0 Å². The molecule has 4 heteroatoms. The average molecular weight is 172 g/mol. The zero-order valence-corrected chi connectivity index (χ0v) is 6.88. The predicted molar refractivity (Wildman–Crippen MR) is 49.7 cm³/mol. The fourth-order valence-electron chi connectivity index (χ4n) is 1.09. The number of rotatable bonds is 1. The Morgan fingerprint density at radius 2 is 1.85 bits per heavy atom. The van der Waals surface area contributed by atoms with E-state index in [0.717, 1.165) is 11.1 Å². The van der Waals surface area contributed by atoms with Gasteiger partial charge in [-0.25, -0.2) is 9.97 Å². The second kappa shape index (κ2) is 3.18. The summed E-state index contributed by atoms with van der Waals surface area (Å²) in [5.41, 5.74) is 7.50. The summed E-state index contributed by atoms with van der Waals surface area (Å²) in [7, 11) is 0. The van der Waals surface area contributed by atoms with E-state index >= 15 is 0 Å². The number of aromatic nitrogens is 3. The van der Waals surface area contributed by atoms with E-state index in [1.165, 1.54) is 6.33 Å². The molecule has 0 radical (unpaired) electrons. The minimum absolute atomic E-state index is 0.487. The van der Waals surface area contributed by atoms with Gasteiger partial charge in [0.2, 0.25) is 0 Å². The van der Waals surface area contributed by atoms with Crippen LogP contribution in [0.3, 0.4) is 0 Å². The Balaban J connectivity index is 2.54. The van der Waals surface area contributed by atoms with Crippen molar-refractivity contribution in [1.29, 1.82) is 0 Å². The quantitative estimate of drug-likeness (QED) is 0.700. The minimum Gasteiger partial charge on any atom is -0.383 e. The maximum atomic E-state index is 5.68. The molecule has 0 saturated heterocycles. The van der Waals surface area contributed by atoms with Gasteiger partial charge in [-0.2, -0.15) is 0 Å². The molecule has 2 aromatic heterocycles. The minimum atomic E-state index is 0.487. The molecule has 0 fully saturated rings. The van der Waals surface area contributed by atoms with Gasteiger partial charge in [0.25, 0.3) is 0 Å². The van der Waals surface area contributed by atoms with Crippen molar-refractivity contribution in [3.63, 3.8) is 0 Å². The third-order valence-electron chi connectivity index (χ3n) is 1.73. The largest absolute Gasteiger partial charge is 0.383 e. The van der Waals surface area contributed by atoms with Gasteiger partial charge in [0.1, 0.15) is 12.1 Å². The number of nitrogens with two attached hydrogens (primary N) is 1. The third kappa shape index (κ3) is 1.46. The van der Waals surface area contributed by atoms with Gasteiger partial charge in [-0.3, -0.25) is 4.98 Å². The summed E-state index contributed by atoms with van der Waals surface area (Å²) in [6.45, 7) is 0. The van der Waals surface area contributed by atoms with Crippen molar-refractivity contribution in [2.24, 2.45) is 0 Å². The molecule has 0 aliphatic heterocycles. The van der Waals surface area contributed by atoms with Crippen LogP contribution < -0.4 is 5.73 Å². The molecule has 2 N–H and O–H groups in total. The van der Waals surface area contributed by atoms with Gasteiger partial charge in [0.15, 0.2) is 0 Å². The second-order valence-corrected chi connectivity index (χ2v) is 2.56. The summed E-state index contributed by atoms with van der Waals surface area (Å²) in [5, 5.41) is 0. The molecule has 0 amide bonds. The smallest absolute Gasteiger partial charge is 0.134 e. The van der Waals surface area contributed by atoms with E-state index in [1.54, 1.807) is 18.6 Å². The van der Waals surface area contributed by atoms with Crippen LogP contribution in [0.15, 0.2) is 37.1 Å². The second-order valence-electron chi connectivity index (χ2n) is 2.56. The average Bonchev–Trinajstić information content (AvgIpc) is 2.20. The number of nitrogens with zero attached hydrogens (tertiary/aromatic N) is 3. The van der Waals surface area contributed by atoms with Crippen LogP contribution in [0.1, 0.15) is 0 Å². The first-order valence-corrected chi connectivity index (χ1v) is 3.84. The normalized spacial score (nSPS) is 9.85. The molecule has 0 bridgehead atoms. The van der Waals surface area contributed by atoms with Gasteiger partial charge >= 0.3 is 0 Å². The summed E-state index contributed by atoms with van der Waals surface area (Å²) in [6, 6.07) is 3.74. The molecular formula is C9H8N4. The van der Waals surface area contributed by atoms with Crippen molar-refractivity contribution in [3.8, 4) is 11.1 Å². The van der Waals surface area contributed by atoms with Crippen LogP contribution in [0.5, 0.6) is 0 Å². The zero-order valence-electron chi connectivity index (χ0n) is 6.88. The monoisotopic (exact) mass is 172 g/mol. The molecule has 64 valence electrons. The van der Waals surface area contributed by atoms with Gasteiger partial charge in [-0.05, 0) is 17.7 Å². The van der Waals surface area contributed by atoms with E-state index in [9.17, 15) is 0 Å². The van der Waals surface area contributed by atoms with Crippen molar-refractivity contribution in [3.05, 3.63) is 37.1 Å². The molecule has 2 aromatic rings. The van der Waals surface area contributed by atoms with Gasteiger partial charge < -0.3 is 5.73 Å². The van der Waals surface area contributed by atoms with Gasteiger partial charge in [0, 0.05) is 24.2 Å². The highest BCUT2D eigenvalue weighted by atomic mass is 14.9. The van der Waals surface area contributed by atoms with Crippen LogP contribution in [0, 0.1) is 0 Å². The Morgan fingerprint density at radius 3 is 2.54 bits per heavy atom. The first-order valence-electron chi connectivity index (χ1n) is 3.84. The Kier molecular flexibility index (Phi) is 1.88. The molecule has 2 rings (SSSR count). The van der Waals surface area contributed by atoms with E-state index in [-0.39, 0.29) is 0 Å². The topological polar surface area (TPSA) is 64.7 Å². The fourth-order valence-corrected chi connectivity index (χ4v) is 1.09. The summed E-state index contributed by atoms with van der Waals surface area (Å²) in [5.74, 6) is 0.487. The molecular weight excluding hydrogens is 164 g/mol. The maximum absolute atomic E-state index is 5.68. The first kappa shape index (κ1) is 7.67. The number of anilines is 1. The van der Waals surface area contributed by atoms with Crippen molar-refractivity contribution in [2.45, 2.75) is 0 Å². The van der Waals surface area contributed by atoms with Gasteiger partial charge in [-0.1, -0.05) is 0 Å². The lowest BCUT2D eigenvalue weighted by atomic mass is 10.1. The maximum Gasteiger partial charge on any atom is 0.134 e. The Morgan fingerprint density at radius 1 is 1.08 bits per heavy atom. The van der Waals surface area contributed by atoms with Crippen molar-refractivity contribution in [2.75, 3.05) is 5.73 Å². The molecule has 0 unspecified atom stereocenters. The Hall–Kier alpha value is -1.97. The molecule has 0 aliphatic carbocycles. The van der Waals surface area contributed by atoms with E-state index in [1.807, 2.05) is 12.1 Å². The van der Waals surface area contributed by atoms with Crippen LogP contribution in [0.4, 0.5) is 5.82 Å². The number of hydrogen-bond acceptors (Lipinski definition) is 4. The van der Waals surface area contributed by atoms with E-state index in [0.29, 0.717) is 5.82 Å². The molecule has 13 heavy (non-hydrogen) atoms. The van der Waals surface area contributed by atoms with Crippen LogP contribution in [-0.4, -0.2) is 15.0 Å². The van der Waals surface area contributed by atoms with E-state index < -0.39 is 0 Å². The number of hydrogen-bond donors (Lipinski definition) is 1. The Bertz CT molecular complexity index is 399. The highest BCUT2D eigenvalue weighted by Gasteiger charge is 2.01. The summed E-state index contributed by atoms with van der Waals surface area (Å²) in [4.78, 5) is 11.7. The highest BCUT2D eigenvalue weighted by Crippen LogP contribution is 2.21. The lowest BCUT2D eigenvalue weighted by Crippen LogP contribution is -1.94. The van der Waals surface area contributed by atoms with Crippen molar-refractivity contribution < 1.29 is 0 Å². The molecule has 0 aliphatic rings. The van der Waals surface area contributed by atoms with Crippen LogP contribution in [0.25, 0.3) is 11.1 Å². The van der Waals surface area contributed by atoms with E-state index in [4.69, 9.17) is 5.73 Å². The number of pyridine rings is 1. The molecule has 4 nitrogen and oxygen atoms in total. The fraction of sp³-hybridized carbons (Fsp3) is 0. The lowest BCUT2D eigenvalue weighted by molar-refractivity contribution is 1.18. The number of nitrogen functional groups attached to an aromatic ring is 1. The van der Waals surface area contributed by atoms with Gasteiger partial charge in [0.05, 0.1) is 0 Å². The van der Waals surface area contributed by atoms with Crippen LogP contribution in [0.2, 0.25) is 0 Å². The lowest BCUT2D eigenvalue weighted by Gasteiger charge is -2.01. The highest BCUT2D eigenvalue weighted by molar-refractivity contribution is 5.71. The standard InChI is InChI=1S/C9H8N4/c10-9-8(5-12-6-13-9)7-1-3-11-4-2-7/h1-6H,(H2,10,12,13). The van der Waals surface area contributed by atoms with Gasteiger partial charge in [-0.15, -0.1) is 0 Å². The summed E-state index contributed by atoms with van der Waals surface area (Å²) < 4.78 is 0. The van der Waals surface area contributed by atoms with Crippen LogP contribution in [-0.2, 0) is 0 Å². The predicted octanol–water partition coefficient (Wildman–Crippen LogP) is 1.12. The zero-order chi connectivity index (χ0) is 9.10. The first-order chi connectivity index (χ1) is 6.38. The Labute approximate surface area is 75.5 Å². The van der Waals surface area contributed by atoms with Crippen molar-refractivity contribution >= 4 is 5.82 Å². The molecule has 0 saturated carbocycles. The van der Waals surface area contributed by atoms with E-state index in [2.05, 4.69) is 15.0 Å². The molecule has 2 heterocycles. The molecule has 0 atom stereocenters. The van der Waals surface area contributed by atoms with Crippen LogP contribution >= 0.6 is 0 Å². The summed E-state index contributed by atoms with van der Waals surface area (Å²) >= 11 is 0. The third-order valence-corrected chi connectivity index (χ3v) is 1.73.